The number of carbonyl (C=O) groups excluding carboxylic acids is 2. The van der Waals surface area contributed by atoms with Gasteiger partial charge in [-0.15, -0.1) is 11.3 Å². The summed E-state index contributed by atoms with van der Waals surface area (Å²) in [6.07, 6.45) is -0.525. The number of fused-ring (bicyclic) bond motifs is 2. The van der Waals surface area contributed by atoms with Crippen LogP contribution in [0.25, 0.3) is 10.2 Å². The maximum absolute atomic E-state index is 12.5. The normalized spacial score (nSPS) is 16.3. The number of rotatable bonds is 2. The number of nitrogens with zero attached hydrogens (tertiary/aromatic N) is 2. The summed E-state index contributed by atoms with van der Waals surface area (Å²) in [7, 11) is 1.86. The zero-order chi connectivity index (χ0) is 17.7. The Morgan fingerprint density at radius 2 is 2.20 bits per heavy atom. The number of thiophene rings is 1. The van der Waals surface area contributed by atoms with Crippen molar-refractivity contribution in [3.8, 4) is 5.75 Å². The Balaban J connectivity index is 1.59. The van der Waals surface area contributed by atoms with Crippen molar-refractivity contribution in [2.24, 2.45) is 7.05 Å². The van der Waals surface area contributed by atoms with Crippen LogP contribution in [-0.2, 0) is 11.8 Å². The van der Waals surface area contributed by atoms with E-state index in [0.29, 0.717) is 22.0 Å². The second kappa shape index (κ2) is 5.59. The summed E-state index contributed by atoms with van der Waals surface area (Å²) < 4.78 is 7.29. The lowest BCUT2D eigenvalue weighted by Gasteiger charge is -2.23. The highest BCUT2D eigenvalue weighted by Crippen LogP contribution is 2.33. The largest absolute Gasteiger partial charge is 0.479 e. The first-order valence-corrected chi connectivity index (χ1v) is 8.60. The Morgan fingerprint density at radius 3 is 2.96 bits per heavy atom. The van der Waals surface area contributed by atoms with Gasteiger partial charge in [-0.1, -0.05) is 0 Å². The van der Waals surface area contributed by atoms with Crippen LogP contribution in [0.15, 0.2) is 24.3 Å². The molecule has 0 saturated heterocycles. The lowest BCUT2D eigenvalue weighted by Crippen LogP contribution is -2.34. The van der Waals surface area contributed by atoms with Crippen molar-refractivity contribution in [2.45, 2.75) is 20.0 Å². The summed E-state index contributed by atoms with van der Waals surface area (Å²) in [5.41, 5.74) is 2.04. The van der Waals surface area contributed by atoms with E-state index in [4.69, 9.17) is 4.74 Å². The summed E-state index contributed by atoms with van der Waals surface area (Å²) in [6, 6.07) is 7.03. The Morgan fingerprint density at radius 1 is 1.40 bits per heavy atom. The molecule has 2 N–H and O–H groups in total. The van der Waals surface area contributed by atoms with E-state index >= 15 is 0 Å². The molecule has 3 aromatic rings. The second-order valence-corrected chi connectivity index (χ2v) is 6.98. The van der Waals surface area contributed by atoms with Gasteiger partial charge in [0, 0.05) is 18.1 Å². The van der Waals surface area contributed by atoms with E-state index < -0.39 is 6.10 Å². The van der Waals surface area contributed by atoms with Crippen LogP contribution in [0.3, 0.4) is 0 Å². The van der Waals surface area contributed by atoms with Crippen LogP contribution in [0.2, 0.25) is 0 Å². The van der Waals surface area contributed by atoms with Crippen LogP contribution in [0.5, 0.6) is 5.75 Å². The molecule has 1 aliphatic heterocycles. The van der Waals surface area contributed by atoms with Crippen LogP contribution >= 0.6 is 11.3 Å². The predicted molar refractivity (Wildman–Crippen MR) is 96.4 cm³/mol. The molecule has 0 saturated carbocycles. The van der Waals surface area contributed by atoms with Gasteiger partial charge in [-0.25, -0.2) is 0 Å². The van der Waals surface area contributed by atoms with Gasteiger partial charge in [-0.05, 0) is 38.1 Å². The Bertz CT molecular complexity index is 986. The minimum atomic E-state index is -0.525. The standard InChI is InChI=1S/C17H16N4O3S/c1-8-11-7-14(25-17(11)21(3)20-8)16(23)18-10-4-5-13-12(6-10)19-15(22)9(2)24-13/h4-7,9H,1-3H3,(H,18,23)(H,19,22). The molecule has 25 heavy (non-hydrogen) atoms. The van der Waals surface area contributed by atoms with Gasteiger partial charge in [0.15, 0.2) is 6.10 Å². The Labute approximate surface area is 147 Å². The number of nitrogens with one attached hydrogen (secondary N) is 2. The average Bonchev–Trinajstić information content (AvgIpc) is 3.11. The number of benzene rings is 1. The van der Waals surface area contributed by atoms with Crippen molar-refractivity contribution in [3.63, 3.8) is 0 Å². The van der Waals surface area contributed by atoms with Crippen molar-refractivity contribution in [1.29, 1.82) is 0 Å². The van der Waals surface area contributed by atoms with Crippen molar-refractivity contribution < 1.29 is 14.3 Å². The van der Waals surface area contributed by atoms with Crippen molar-refractivity contribution in [3.05, 3.63) is 34.8 Å². The topological polar surface area (TPSA) is 85.3 Å². The van der Waals surface area contributed by atoms with E-state index in [9.17, 15) is 9.59 Å². The van der Waals surface area contributed by atoms with Crippen molar-refractivity contribution >= 4 is 44.7 Å². The first kappa shape index (κ1) is 15.6. The molecular formula is C17H16N4O3S. The fraction of sp³-hybridized carbons (Fsp3) is 0.235. The molecule has 1 unspecified atom stereocenters. The number of carbonyl (C=O) groups is 2. The molecule has 0 radical (unpaired) electrons. The van der Waals surface area contributed by atoms with Crippen LogP contribution < -0.4 is 15.4 Å². The van der Waals surface area contributed by atoms with E-state index in [0.717, 1.165) is 15.9 Å². The molecule has 0 aliphatic carbocycles. The van der Waals surface area contributed by atoms with E-state index in [2.05, 4.69) is 15.7 Å². The lowest BCUT2D eigenvalue weighted by molar-refractivity contribution is -0.122. The smallest absolute Gasteiger partial charge is 0.265 e. The van der Waals surface area contributed by atoms with E-state index in [-0.39, 0.29) is 11.8 Å². The molecular weight excluding hydrogens is 340 g/mol. The van der Waals surface area contributed by atoms with Gasteiger partial charge in [0.2, 0.25) is 0 Å². The molecule has 0 bridgehead atoms. The minimum absolute atomic E-state index is 0.197. The van der Waals surface area contributed by atoms with Crippen LogP contribution in [0.1, 0.15) is 22.3 Å². The number of aromatic nitrogens is 2. The number of anilines is 2. The number of amides is 2. The molecule has 4 rings (SSSR count). The second-order valence-electron chi connectivity index (χ2n) is 5.95. The molecule has 3 heterocycles. The number of ether oxygens (including phenoxy) is 1. The zero-order valence-corrected chi connectivity index (χ0v) is 14.7. The molecule has 1 atom stereocenters. The summed E-state index contributed by atoms with van der Waals surface area (Å²) >= 11 is 1.40. The molecule has 2 amide bonds. The first-order valence-electron chi connectivity index (χ1n) is 7.78. The van der Waals surface area contributed by atoms with Gasteiger partial charge in [0.25, 0.3) is 11.8 Å². The minimum Gasteiger partial charge on any atom is -0.479 e. The van der Waals surface area contributed by atoms with E-state index in [1.54, 1.807) is 29.8 Å². The third-order valence-corrected chi connectivity index (χ3v) is 5.29. The first-order chi connectivity index (χ1) is 11.9. The van der Waals surface area contributed by atoms with Gasteiger partial charge in [0.05, 0.1) is 16.3 Å². The van der Waals surface area contributed by atoms with Crippen molar-refractivity contribution in [2.75, 3.05) is 10.6 Å². The van der Waals surface area contributed by atoms with Gasteiger partial charge in [0.1, 0.15) is 10.6 Å². The Hall–Kier alpha value is -2.87. The number of aryl methyl sites for hydroxylation is 2. The molecule has 8 heteroatoms. The van der Waals surface area contributed by atoms with E-state index in [1.165, 1.54) is 11.3 Å². The molecule has 128 valence electrons. The van der Waals surface area contributed by atoms with Crippen LogP contribution in [0, 0.1) is 6.92 Å². The molecule has 1 aromatic carbocycles. The third kappa shape index (κ3) is 2.64. The van der Waals surface area contributed by atoms with E-state index in [1.807, 2.05) is 20.0 Å². The molecule has 0 spiro atoms. The number of hydrogen-bond acceptors (Lipinski definition) is 5. The van der Waals surface area contributed by atoms with Crippen molar-refractivity contribution in [1.82, 2.24) is 9.78 Å². The monoisotopic (exact) mass is 356 g/mol. The highest BCUT2D eigenvalue weighted by Gasteiger charge is 2.24. The zero-order valence-electron chi connectivity index (χ0n) is 13.9. The van der Waals surface area contributed by atoms with Gasteiger partial charge >= 0.3 is 0 Å². The maximum Gasteiger partial charge on any atom is 0.265 e. The molecule has 0 fully saturated rings. The summed E-state index contributed by atoms with van der Waals surface area (Å²) in [5, 5.41) is 11.0. The fourth-order valence-corrected chi connectivity index (χ4v) is 3.81. The molecule has 2 aromatic heterocycles. The summed E-state index contributed by atoms with van der Waals surface area (Å²) in [4.78, 5) is 25.8. The summed E-state index contributed by atoms with van der Waals surface area (Å²) in [5.74, 6) is 0.189. The molecule has 1 aliphatic rings. The van der Waals surface area contributed by atoms with Gasteiger partial charge < -0.3 is 15.4 Å². The number of hydrogen-bond donors (Lipinski definition) is 2. The highest BCUT2D eigenvalue weighted by molar-refractivity contribution is 7.20. The van der Waals surface area contributed by atoms with Gasteiger partial charge in [-0.3, -0.25) is 14.3 Å². The van der Waals surface area contributed by atoms with Crippen LogP contribution in [-0.4, -0.2) is 27.7 Å². The maximum atomic E-state index is 12.5. The lowest BCUT2D eigenvalue weighted by atomic mass is 10.2. The quantitative estimate of drug-likeness (QED) is 0.739. The van der Waals surface area contributed by atoms with Gasteiger partial charge in [-0.2, -0.15) is 5.10 Å². The Kier molecular flexibility index (Phi) is 3.50. The molecule has 7 nitrogen and oxygen atoms in total. The predicted octanol–water partition coefficient (Wildman–Crippen LogP) is 2.91. The SMILES string of the molecule is Cc1nn(C)c2sc(C(=O)Nc3ccc4c(c3)NC(=O)C(C)O4)cc12. The van der Waals surface area contributed by atoms with Crippen LogP contribution in [0.4, 0.5) is 11.4 Å². The highest BCUT2D eigenvalue weighted by atomic mass is 32.1. The fourth-order valence-electron chi connectivity index (χ4n) is 2.80. The summed E-state index contributed by atoms with van der Waals surface area (Å²) in [6.45, 7) is 3.61. The third-order valence-electron chi connectivity index (χ3n) is 4.09. The average molecular weight is 356 g/mol.